The maximum absolute atomic E-state index is 12.2. The zero-order valence-corrected chi connectivity index (χ0v) is 16.3. The summed E-state index contributed by atoms with van der Waals surface area (Å²) in [6.45, 7) is 5.99. The Balaban J connectivity index is 1.86. The van der Waals surface area contributed by atoms with E-state index in [2.05, 4.69) is 29.2 Å². The fourth-order valence-electron chi connectivity index (χ4n) is 2.32. The molecule has 1 amide bonds. The molecule has 6 heteroatoms. The highest BCUT2D eigenvalue weighted by Gasteiger charge is 2.14. The molecular weight excluding hydrogens is 350 g/mol. The van der Waals surface area contributed by atoms with Gasteiger partial charge in [0.15, 0.2) is 5.11 Å². The number of anilines is 1. The minimum Gasteiger partial charge on any atom is -0.331 e. The van der Waals surface area contributed by atoms with Crippen LogP contribution in [0.3, 0.4) is 0 Å². The summed E-state index contributed by atoms with van der Waals surface area (Å²) in [5, 5.41) is 3.31. The van der Waals surface area contributed by atoms with Crippen LogP contribution in [-0.4, -0.2) is 16.3 Å². The van der Waals surface area contributed by atoms with Crippen LogP contribution >= 0.6 is 24.0 Å². The average Bonchev–Trinajstić information content (AvgIpc) is 2.62. The zero-order valence-electron chi connectivity index (χ0n) is 14.6. The van der Waals surface area contributed by atoms with Gasteiger partial charge in [-0.1, -0.05) is 43.3 Å². The van der Waals surface area contributed by atoms with Crippen LogP contribution in [0, 0.1) is 6.92 Å². The minimum absolute atomic E-state index is 0.126. The summed E-state index contributed by atoms with van der Waals surface area (Å²) in [6.07, 6.45) is 0.906. The molecule has 0 saturated heterocycles. The third kappa shape index (κ3) is 5.76. The van der Waals surface area contributed by atoms with Crippen LogP contribution in [0.4, 0.5) is 5.69 Å². The smallest absolute Gasteiger partial charge is 0.251 e. The van der Waals surface area contributed by atoms with E-state index < -0.39 is 0 Å². The van der Waals surface area contributed by atoms with Crippen molar-refractivity contribution in [3.63, 3.8) is 0 Å². The number of hydrazine groups is 1. The van der Waals surface area contributed by atoms with Crippen LogP contribution in [-0.2, 0) is 11.2 Å². The number of carbonyl (C=O) groups is 1. The number of hydrogen-bond acceptors (Lipinski definition) is 3. The molecule has 0 spiro atoms. The van der Waals surface area contributed by atoms with Crippen LogP contribution in [0.25, 0.3) is 0 Å². The Morgan fingerprint density at radius 1 is 1.12 bits per heavy atom. The Morgan fingerprint density at radius 2 is 1.84 bits per heavy atom. The monoisotopic (exact) mass is 373 g/mol. The highest BCUT2D eigenvalue weighted by atomic mass is 32.2. The number of rotatable bonds is 5. The molecule has 3 N–H and O–H groups in total. The van der Waals surface area contributed by atoms with Crippen molar-refractivity contribution in [2.45, 2.75) is 37.3 Å². The third-order valence-electron chi connectivity index (χ3n) is 3.70. The van der Waals surface area contributed by atoms with Gasteiger partial charge in [-0.15, -0.1) is 11.8 Å². The maximum Gasteiger partial charge on any atom is 0.251 e. The van der Waals surface area contributed by atoms with E-state index in [-0.39, 0.29) is 11.2 Å². The van der Waals surface area contributed by atoms with E-state index in [9.17, 15) is 4.79 Å². The summed E-state index contributed by atoms with van der Waals surface area (Å²) in [6, 6.07) is 16.0. The summed E-state index contributed by atoms with van der Waals surface area (Å²) in [5.74, 6) is -0.126. The third-order valence-corrected chi connectivity index (χ3v) is 5.02. The Kier molecular flexibility index (Phi) is 7.28. The standard InChI is InChI=1S/C19H23N3OS2/c1-4-15-10-8-9-13(2)17(15)20-19(24)22-21-18(23)14(3)25-16-11-6-5-7-12-16/h5-12,14H,4H2,1-3H3,(H,21,23)(H2,20,22,24)/t14-/m0/s1. The Morgan fingerprint density at radius 3 is 2.52 bits per heavy atom. The number of para-hydroxylation sites is 1. The SMILES string of the molecule is CCc1cccc(C)c1NC(=S)NNC(=O)[C@H](C)Sc1ccccc1. The fraction of sp³-hybridized carbons (Fsp3) is 0.263. The number of thioether (sulfide) groups is 1. The lowest BCUT2D eigenvalue weighted by Crippen LogP contribution is -2.46. The molecule has 0 saturated carbocycles. The molecule has 4 nitrogen and oxygen atoms in total. The predicted octanol–water partition coefficient (Wildman–Crippen LogP) is 4.06. The molecule has 132 valence electrons. The van der Waals surface area contributed by atoms with Crippen molar-refractivity contribution in [1.82, 2.24) is 10.9 Å². The van der Waals surface area contributed by atoms with Gasteiger partial charge in [0.1, 0.15) is 0 Å². The molecule has 0 unspecified atom stereocenters. The second-order valence-electron chi connectivity index (χ2n) is 5.60. The van der Waals surface area contributed by atoms with E-state index >= 15 is 0 Å². The van der Waals surface area contributed by atoms with Gasteiger partial charge in [-0.3, -0.25) is 15.6 Å². The average molecular weight is 374 g/mol. The molecule has 0 aliphatic heterocycles. The van der Waals surface area contributed by atoms with Crippen molar-refractivity contribution in [3.05, 3.63) is 59.7 Å². The van der Waals surface area contributed by atoms with Gasteiger partial charge in [-0.2, -0.15) is 0 Å². The molecule has 25 heavy (non-hydrogen) atoms. The first kappa shape index (κ1) is 19.3. The molecular formula is C19H23N3OS2. The van der Waals surface area contributed by atoms with Crippen molar-refractivity contribution in [1.29, 1.82) is 0 Å². The lowest BCUT2D eigenvalue weighted by Gasteiger charge is -2.17. The van der Waals surface area contributed by atoms with Crippen LogP contribution in [0.2, 0.25) is 0 Å². The second-order valence-corrected chi connectivity index (χ2v) is 7.43. The van der Waals surface area contributed by atoms with Crippen LogP contribution in [0.5, 0.6) is 0 Å². The van der Waals surface area contributed by atoms with Crippen molar-refractivity contribution < 1.29 is 4.79 Å². The van der Waals surface area contributed by atoms with Crippen LogP contribution in [0.15, 0.2) is 53.4 Å². The zero-order chi connectivity index (χ0) is 18.2. The molecule has 1 atom stereocenters. The molecule has 0 aromatic heterocycles. The normalized spacial score (nSPS) is 11.5. The molecule has 2 aromatic rings. The summed E-state index contributed by atoms with van der Waals surface area (Å²) >= 11 is 6.79. The first-order valence-electron chi connectivity index (χ1n) is 8.18. The highest BCUT2D eigenvalue weighted by molar-refractivity contribution is 8.00. The maximum atomic E-state index is 12.2. The number of benzene rings is 2. The predicted molar refractivity (Wildman–Crippen MR) is 110 cm³/mol. The van der Waals surface area contributed by atoms with Gasteiger partial charge in [0.2, 0.25) is 0 Å². The fourth-order valence-corrected chi connectivity index (χ4v) is 3.37. The van der Waals surface area contributed by atoms with E-state index in [0.717, 1.165) is 22.6 Å². The van der Waals surface area contributed by atoms with Gasteiger partial charge in [0, 0.05) is 10.6 Å². The van der Waals surface area contributed by atoms with Gasteiger partial charge < -0.3 is 5.32 Å². The number of nitrogens with one attached hydrogen (secondary N) is 3. The lowest BCUT2D eigenvalue weighted by atomic mass is 10.1. The summed E-state index contributed by atoms with van der Waals surface area (Å²) in [5.41, 5.74) is 8.74. The highest BCUT2D eigenvalue weighted by Crippen LogP contribution is 2.23. The second kappa shape index (κ2) is 9.44. The van der Waals surface area contributed by atoms with Gasteiger partial charge in [-0.25, -0.2) is 0 Å². The quantitative estimate of drug-likeness (QED) is 0.419. The lowest BCUT2D eigenvalue weighted by molar-refractivity contribution is -0.120. The summed E-state index contributed by atoms with van der Waals surface area (Å²) in [7, 11) is 0. The van der Waals surface area contributed by atoms with Gasteiger partial charge in [-0.05, 0) is 55.7 Å². The number of hydrogen-bond donors (Lipinski definition) is 3. The minimum atomic E-state index is -0.234. The van der Waals surface area contributed by atoms with Gasteiger partial charge >= 0.3 is 0 Å². The largest absolute Gasteiger partial charge is 0.331 e. The number of aryl methyl sites for hydroxylation is 2. The Labute approximate surface area is 158 Å². The molecule has 0 fully saturated rings. The molecule has 0 bridgehead atoms. The van der Waals surface area contributed by atoms with Crippen LogP contribution < -0.4 is 16.2 Å². The number of carbonyl (C=O) groups excluding carboxylic acids is 1. The van der Waals surface area contributed by atoms with E-state index in [4.69, 9.17) is 12.2 Å². The summed E-state index contributed by atoms with van der Waals surface area (Å²) < 4.78 is 0. The van der Waals surface area contributed by atoms with Crippen molar-refractivity contribution >= 4 is 40.7 Å². The van der Waals surface area contributed by atoms with E-state index in [1.54, 1.807) is 0 Å². The molecule has 2 aromatic carbocycles. The van der Waals surface area contributed by atoms with Gasteiger partial charge in [0.05, 0.1) is 5.25 Å². The topological polar surface area (TPSA) is 53.2 Å². The Hall–Kier alpha value is -2.05. The van der Waals surface area contributed by atoms with Gasteiger partial charge in [0.25, 0.3) is 5.91 Å². The molecule has 2 rings (SSSR count). The number of thiocarbonyl (C=S) groups is 1. The molecule has 0 aliphatic carbocycles. The summed E-state index contributed by atoms with van der Waals surface area (Å²) in [4.78, 5) is 13.3. The molecule has 0 heterocycles. The van der Waals surface area contributed by atoms with E-state index in [0.29, 0.717) is 5.11 Å². The van der Waals surface area contributed by atoms with Crippen molar-refractivity contribution in [2.24, 2.45) is 0 Å². The first-order chi connectivity index (χ1) is 12.0. The molecule has 0 aliphatic rings. The number of amides is 1. The first-order valence-corrected chi connectivity index (χ1v) is 9.47. The van der Waals surface area contributed by atoms with E-state index in [1.165, 1.54) is 17.3 Å². The van der Waals surface area contributed by atoms with E-state index in [1.807, 2.05) is 56.3 Å². The van der Waals surface area contributed by atoms with Crippen LogP contribution in [0.1, 0.15) is 25.0 Å². The Bertz CT molecular complexity index is 735. The van der Waals surface area contributed by atoms with Crippen molar-refractivity contribution in [2.75, 3.05) is 5.32 Å². The molecule has 0 radical (unpaired) electrons. The van der Waals surface area contributed by atoms with Crippen molar-refractivity contribution in [3.8, 4) is 0 Å².